The summed E-state index contributed by atoms with van der Waals surface area (Å²) in [4.78, 5) is 23.6. The van der Waals surface area contributed by atoms with Crippen molar-refractivity contribution in [1.29, 1.82) is 0 Å². The molecule has 3 N–H and O–H groups in total. The Kier molecular flexibility index (Phi) is 6.50. The molecule has 0 bridgehead atoms. The van der Waals surface area contributed by atoms with Crippen LogP contribution in [-0.4, -0.2) is 37.0 Å². The van der Waals surface area contributed by atoms with E-state index in [1.807, 2.05) is 6.92 Å². The number of sulfonamides is 1. The van der Waals surface area contributed by atoms with E-state index in [1.165, 1.54) is 31.2 Å². The minimum atomic E-state index is -3.63. The Morgan fingerprint density at radius 3 is 2.17 bits per heavy atom. The highest BCUT2D eigenvalue weighted by atomic mass is 32.2. The second kappa shape index (κ2) is 7.76. The number of benzene rings is 1. The van der Waals surface area contributed by atoms with Gasteiger partial charge < -0.3 is 10.4 Å². The molecule has 0 saturated heterocycles. The van der Waals surface area contributed by atoms with Crippen molar-refractivity contribution < 1.29 is 23.1 Å². The molecule has 0 heterocycles. The molecule has 1 atom stereocenters. The molecule has 7 nitrogen and oxygen atoms in total. The highest BCUT2D eigenvalue weighted by molar-refractivity contribution is 7.89. The molecule has 0 aliphatic rings. The molecule has 0 radical (unpaired) electrons. The molecule has 1 aromatic rings. The Morgan fingerprint density at radius 2 is 1.75 bits per heavy atom. The second-order valence-corrected chi connectivity index (χ2v) is 7.86. The number of nitrogens with one attached hydrogen (secondary N) is 2. The van der Waals surface area contributed by atoms with E-state index in [0.717, 1.165) is 0 Å². The Hall–Kier alpha value is -1.93. The zero-order chi connectivity index (χ0) is 18.5. The fraction of sp³-hybridized carbons (Fsp3) is 0.500. The minimum Gasteiger partial charge on any atom is -0.480 e. The summed E-state index contributed by atoms with van der Waals surface area (Å²) in [6.45, 7) is 6.69. The highest BCUT2D eigenvalue weighted by Crippen LogP contribution is 2.16. The quantitative estimate of drug-likeness (QED) is 0.657. The summed E-state index contributed by atoms with van der Waals surface area (Å²) in [6, 6.07) is 5.11. The van der Waals surface area contributed by atoms with E-state index in [-0.39, 0.29) is 16.5 Å². The molecule has 1 aromatic carbocycles. The van der Waals surface area contributed by atoms with E-state index in [1.54, 1.807) is 13.8 Å². The van der Waals surface area contributed by atoms with Crippen molar-refractivity contribution in [3.8, 4) is 0 Å². The normalized spacial score (nSPS) is 14.2. The smallest absolute Gasteiger partial charge is 0.329 e. The van der Waals surface area contributed by atoms with Crippen molar-refractivity contribution in [2.45, 2.75) is 57.0 Å². The van der Waals surface area contributed by atoms with Crippen LogP contribution in [0.3, 0.4) is 0 Å². The SMILES string of the molecule is CCCC(C)(NC(=O)c1ccc(S(=O)(=O)NC(C)C)cc1)C(=O)O. The molecular formula is C16H24N2O5S. The first-order valence-corrected chi connectivity index (χ1v) is 9.18. The molecule has 0 aliphatic heterocycles. The third-order valence-corrected chi connectivity index (χ3v) is 5.10. The lowest BCUT2D eigenvalue weighted by Crippen LogP contribution is -2.52. The van der Waals surface area contributed by atoms with Gasteiger partial charge in [-0.2, -0.15) is 0 Å². The van der Waals surface area contributed by atoms with Gasteiger partial charge in [0.05, 0.1) is 4.90 Å². The van der Waals surface area contributed by atoms with Crippen LogP contribution in [0.2, 0.25) is 0 Å². The van der Waals surface area contributed by atoms with Crippen molar-refractivity contribution in [2.24, 2.45) is 0 Å². The Labute approximate surface area is 142 Å². The first-order valence-electron chi connectivity index (χ1n) is 7.70. The molecule has 0 saturated carbocycles. The molecule has 0 aromatic heterocycles. The Balaban J connectivity index is 2.97. The topological polar surface area (TPSA) is 113 Å². The van der Waals surface area contributed by atoms with Crippen LogP contribution in [0.1, 0.15) is 50.9 Å². The first kappa shape index (κ1) is 20.1. The Morgan fingerprint density at radius 1 is 1.21 bits per heavy atom. The number of carboxylic acids is 1. The maximum absolute atomic E-state index is 12.2. The van der Waals surface area contributed by atoms with Crippen molar-refractivity contribution in [3.05, 3.63) is 29.8 Å². The summed E-state index contributed by atoms with van der Waals surface area (Å²) in [5.41, 5.74) is -1.17. The van der Waals surface area contributed by atoms with Crippen LogP contribution in [0.4, 0.5) is 0 Å². The average Bonchev–Trinajstić information content (AvgIpc) is 2.46. The number of carboxylic acid groups (broad SMARTS) is 1. The second-order valence-electron chi connectivity index (χ2n) is 6.14. The number of hydrogen-bond donors (Lipinski definition) is 3. The summed E-state index contributed by atoms with van der Waals surface area (Å²) in [5, 5.41) is 11.8. The van der Waals surface area contributed by atoms with Gasteiger partial charge >= 0.3 is 5.97 Å². The molecule has 24 heavy (non-hydrogen) atoms. The summed E-state index contributed by atoms with van der Waals surface area (Å²) in [6.07, 6.45) is 0.889. The number of carbonyl (C=O) groups is 2. The fourth-order valence-electron chi connectivity index (χ4n) is 2.21. The van der Waals surface area contributed by atoms with Crippen molar-refractivity contribution in [1.82, 2.24) is 10.0 Å². The molecule has 0 spiro atoms. The monoisotopic (exact) mass is 356 g/mol. The van der Waals surface area contributed by atoms with Gasteiger partial charge in [-0.1, -0.05) is 13.3 Å². The van der Waals surface area contributed by atoms with Gasteiger partial charge in [0, 0.05) is 11.6 Å². The minimum absolute atomic E-state index is 0.0438. The number of amides is 1. The van der Waals surface area contributed by atoms with Crippen molar-refractivity contribution >= 4 is 21.9 Å². The lowest BCUT2D eigenvalue weighted by Gasteiger charge is -2.25. The Bertz CT molecular complexity index is 698. The molecule has 1 rings (SSSR count). The van der Waals surface area contributed by atoms with Gasteiger partial charge in [-0.25, -0.2) is 17.9 Å². The van der Waals surface area contributed by atoms with Gasteiger partial charge in [0.2, 0.25) is 10.0 Å². The van der Waals surface area contributed by atoms with Crippen molar-refractivity contribution in [2.75, 3.05) is 0 Å². The third kappa shape index (κ3) is 5.04. The molecule has 0 aliphatic carbocycles. The maximum Gasteiger partial charge on any atom is 0.329 e. The summed E-state index contributed by atoms with van der Waals surface area (Å²) < 4.78 is 26.5. The van der Waals surface area contributed by atoms with Crippen LogP contribution >= 0.6 is 0 Å². The molecule has 134 valence electrons. The van der Waals surface area contributed by atoms with E-state index >= 15 is 0 Å². The number of hydrogen-bond acceptors (Lipinski definition) is 4. The standard InChI is InChI=1S/C16H24N2O5S/c1-5-10-16(4,15(20)21)17-14(19)12-6-8-13(9-7-12)24(22,23)18-11(2)3/h6-9,11,18H,5,10H2,1-4H3,(H,17,19)(H,20,21). The van der Waals surface area contributed by atoms with Crippen LogP contribution in [0, 0.1) is 0 Å². The van der Waals surface area contributed by atoms with Crippen LogP contribution in [0.25, 0.3) is 0 Å². The van der Waals surface area contributed by atoms with Gasteiger partial charge in [-0.05, 0) is 51.5 Å². The molecule has 1 amide bonds. The summed E-state index contributed by atoms with van der Waals surface area (Å²) in [7, 11) is -3.63. The molecule has 0 fully saturated rings. The summed E-state index contributed by atoms with van der Waals surface area (Å²) in [5.74, 6) is -1.67. The predicted octanol–water partition coefficient (Wildman–Crippen LogP) is 1.75. The van der Waals surface area contributed by atoms with E-state index in [0.29, 0.717) is 12.8 Å². The van der Waals surface area contributed by atoms with Crippen LogP contribution in [-0.2, 0) is 14.8 Å². The number of aliphatic carboxylic acids is 1. The predicted molar refractivity (Wildman–Crippen MR) is 90.3 cm³/mol. The zero-order valence-electron chi connectivity index (χ0n) is 14.3. The molecule has 8 heteroatoms. The van der Waals surface area contributed by atoms with E-state index in [2.05, 4.69) is 10.0 Å². The molecule has 1 unspecified atom stereocenters. The largest absolute Gasteiger partial charge is 0.480 e. The zero-order valence-corrected chi connectivity index (χ0v) is 15.1. The average molecular weight is 356 g/mol. The third-order valence-electron chi connectivity index (χ3n) is 3.43. The van der Waals surface area contributed by atoms with Gasteiger partial charge in [0.1, 0.15) is 5.54 Å². The lowest BCUT2D eigenvalue weighted by molar-refractivity contribution is -0.144. The molecular weight excluding hydrogens is 332 g/mol. The first-order chi connectivity index (χ1) is 11.0. The van der Waals surface area contributed by atoms with Gasteiger partial charge in [-0.3, -0.25) is 4.79 Å². The number of rotatable bonds is 8. The maximum atomic E-state index is 12.2. The summed E-state index contributed by atoms with van der Waals surface area (Å²) >= 11 is 0. The van der Waals surface area contributed by atoms with E-state index in [9.17, 15) is 23.1 Å². The lowest BCUT2D eigenvalue weighted by atomic mass is 9.96. The van der Waals surface area contributed by atoms with Gasteiger partial charge in [0.25, 0.3) is 5.91 Å². The van der Waals surface area contributed by atoms with Crippen LogP contribution in [0.15, 0.2) is 29.2 Å². The van der Waals surface area contributed by atoms with Gasteiger partial charge in [-0.15, -0.1) is 0 Å². The highest BCUT2D eigenvalue weighted by Gasteiger charge is 2.34. The fourth-order valence-corrected chi connectivity index (χ4v) is 3.46. The van der Waals surface area contributed by atoms with Crippen LogP contribution in [0.5, 0.6) is 0 Å². The van der Waals surface area contributed by atoms with E-state index in [4.69, 9.17) is 0 Å². The number of carbonyl (C=O) groups excluding carboxylic acids is 1. The van der Waals surface area contributed by atoms with Gasteiger partial charge in [0.15, 0.2) is 0 Å². The van der Waals surface area contributed by atoms with E-state index < -0.39 is 27.4 Å². The van der Waals surface area contributed by atoms with Crippen molar-refractivity contribution in [3.63, 3.8) is 0 Å². The van der Waals surface area contributed by atoms with Crippen LogP contribution < -0.4 is 10.0 Å².